The van der Waals surface area contributed by atoms with Gasteiger partial charge >= 0.3 is 0 Å². The van der Waals surface area contributed by atoms with Crippen molar-refractivity contribution in [1.29, 1.82) is 0 Å². The van der Waals surface area contributed by atoms with Gasteiger partial charge in [0, 0.05) is 16.7 Å². The zero-order chi connectivity index (χ0) is 15.2. The maximum atomic E-state index is 12.8. The lowest BCUT2D eigenvalue weighted by Gasteiger charge is -2.08. The summed E-state index contributed by atoms with van der Waals surface area (Å²) in [4.78, 5) is 11.8. The Labute approximate surface area is 131 Å². The fraction of sp³-hybridized carbons (Fsp3) is 0.188. The topological polar surface area (TPSA) is 41.1 Å². The number of aryl methyl sites for hydroxylation is 1. The van der Waals surface area contributed by atoms with Gasteiger partial charge in [0.2, 0.25) is 5.91 Å². The lowest BCUT2D eigenvalue weighted by molar-refractivity contribution is -0.115. The first kappa shape index (κ1) is 15.7. The number of benzene rings is 2. The Morgan fingerprint density at radius 3 is 2.57 bits per heavy atom. The van der Waals surface area contributed by atoms with Crippen LogP contribution in [0.2, 0.25) is 0 Å². The Hall–Kier alpha value is -1.72. The van der Waals surface area contributed by atoms with Crippen LogP contribution in [0.3, 0.4) is 0 Å². The van der Waals surface area contributed by atoms with Gasteiger partial charge in [0.15, 0.2) is 0 Å². The molecule has 2 aromatic rings. The minimum atomic E-state index is -0.263. The SMILES string of the molecule is Cc1ccc(NC(=O)CNCc2ccc(F)cc2)cc1Br. The largest absolute Gasteiger partial charge is 0.325 e. The van der Waals surface area contributed by atoms with Gasteiger partial charge in [0.1, 0.15) is 5.82 Å². The van der Waals surface area contributed by atoms with Crippen molar-refractivity contribution < 1.29 is 9.18 Å². The van der Waals surface area contributed by atoms with Gasteiger partial charge in [0.05, 0.1) is 6.54 Å². The van der Waals surface area contributed by atoms with Crippen LogP contribution in [-0.2, 0) is 11.3 Å². The molecule has 0 aliphatic carbocycles. The van der Waals surface area contributed by atoms with E-state index >= 15 is 0 Å². The highest BCUT2D eigenvalue weighted by molar-refractivity contribution is 9.10. The van der Waals surface area contributed by atoms with E-state index in [4.69, 9.17) is 0 Å². The van der Waals surface area contributed by atoms with Gasteiger partial charge in [-0.3, -0.25) is 4.79 Å². The van der Waals surface area contributed by atoms with Crippen LogP contribution in [0.15, 0.2) is 46.9 Å². The number of halogens is 2. The molecule has 21 heavy (non-hydrogen) atoms. The summed E-state index contributed by atoms with van der Waals surface area (Å²) in [5.74, 6) is -0.380. The third-order valence-corrected chi connectivity index (χ3v) is 3.84. The van der Waals surface area contributed by atoms with Crippen LogP contribution >= 0.6 is 15.9 Å². The standard InChI is InChI=1S/C16H16BrFN2O/c1-11-2-7-14(8-15(11)17)20-16(21)10-19-9-12-3-5-13(18)6-4-12/h2-8,19H,9-10H2,1H3,(H,20,21). The Morgan fingerprint density at radius 2 is 1.90 bits per heavy atom. The second kappa shape index (κ2) is 7.33. The van der Waals surface area contributed by atoms with Crippen molar-refractivity contribution in [1.82, 2.24) is 5.32 Å². The number of carbonyl (C=O) groups is 1. The normalized spacial score (nSPS) is 10.4. The quantitative estimate of drug-likeness (QED) is 0.864. The summed E-state index contributed by atoms with van der Waals surface area (Å²) in [6.07, 6.45) is 0. The van der Waals surface area contributed by atoms with Crippen molar-refractivity contribution in [2.45, 2.75) is 13.5 Å². The Balaban J connectivity index is 1.79. The molecule has 2 rings (SSSR count). The predicted molar refractivity (Wildman–Crippen MR) is 85.6 cm³/mol. The molecule has 110 valence electrons. The molecule has 1 amide bonds. The van der Waals surface area contributed by atoms with Crippen LogP contribution < -0.4 is 10.6 Å². The number of nitrogens with one attached hydrogen (secondary N) is 2. The summed E-state index contributed by atoms with van der Waals surface area (Å²) in [5, 5.41) is 5.83. The van der Waals surface area contributed by atoms with Gasteiger partial charge in [-0.1, -0.05) is 34.1 Å². The van der Waals surface area contributed by atoms with E-state index in [1.807, 2.05) is 25.1 Å². The van der Waals surface area contributed by atoms with Gasteiger partial charge in [0.25, 0.3) is 0 Å². The maximum Gasteiger partial charge on any atom is 0.238 e. The highest BCUT2D eigenvalue weighted by atomic mass is 79.9. The first-order valence-electron chi connectivity index (χ1n) is 6.56. The van der Waals surface area contributed by atoms with Crippen molar-refractivity contribution in [3.05, 3.63) is 63.9 Å². The van der Waals surface area contributed by atoms with Crippen LogP contribution in [-0.4, -0.2) is 12.5 Å². The van der Waals surface area contributed by atoms with Gasteiger partial charge in [-0.05, 0) is 42.3 Å². The Bertz CT molecular complexity index is 629. The summed E-state index contributed by atoms with van der Waals surface area (Å²) in [6.45, 7) is 2.70. The summed E-state index contributed by atoms with van der Waals surface area (Å²) in [7, 11) is 0. The fourth-order valence-corrected chi connectivity index (χ4v) is 2.18. The molecule has 0 heterocycles. The molecule has 0 aromatic heterocycles. The van der Waals surface area contributed by atoms with Crippen LogP contribution in [0, 0.1) is 12.7 Å². The van der Waals surface area contributed by atoms with E-state index in [0.717, 1.165) is 21.3 Å². The molecule has 3 nitrogen and oxygen atoms in total. The highest BCUT2D eigenvalue weighted by Gasteiger charge is 2.03. The third-order valence-electron chi connectivity index (χ3n) is 2.98. The minimum absolute atomic E-state index is 0.118. The lowest BCUT2D eigenvalue weighted by atomic mass is 10.2. The number of hydrogen-bond donors (Lipinski definition) is 2. The number of carbonyl (C=O) groups excluding carboxylic acids is 1. The fourth-order valence-electron chi connectivity index (χ4n) is 1.80. The molecule has 2 aromatic carbocycles. The van der Waals surface area contributed by atoms with E-state index in [2.05, 4.69) is 26.6 Å². The molecule has 2 N–H and O–H groups in total. The lowest BCUT2D eigenvalue weighted by Crippen LogP contribution is -2.27. The van der Waals surface area contributed by atoms with Crippen molar-refractivity contribution in [2.75, 3.05) is 11.9 Å². The molecule has 0 fully saturated rings. The van der Waals surface area contributed by atoms with E-state index < -0.39 is 0 Å². The molecule has 0 saturated carbocycles. The number of anilines is 1. The highest BCUT2D eigenvalue weighted by Crippen LogP contribution is 2.20. The van der Waals surface area contributed by atoms with Crippen LogP contribution in [0.1, 0.15) is 11.1 Å². The molecular formula is C16H16BrFN2O. The van der Waals surface area contributed by atoms with Crippen LogP contribution in [0.5, 0.6) is 0 Å². The molecule has 0 unspecified atom stereocenters. The van der Waals surface area contributed by atoms with E-state index in [1.165, 1.54) is 12.1 Å². The Morgan fingerprint density at radius 1 is 1.19 bits per heavy atom. The van der Waals surface area contributed by atoms with Crippen molar-refractivity contribution in [2.24, 2.45) is 0 Å². The minimum Gasteiger partial charge on any atom is -0.325 e. The second-order valence-corrected chi connectivity index (χ2v) is 5.60. The van der Waals surface area contributed by atoms with Gasteiger partial charge < -0.3 is 10.6 Å². The smallest absolute Gasteiger partial charge is 0.238 e. The average molecular weight is 351 g/mol. The summed E-state index contributed by atoms with van der Waals surface area (Å²) < 4.78 is 13.7. The van der Waals surface area contributed by atoms with Gasteiger partial charge in [-0.25, -0.2) is 4.39 Å². The van der Waals surface area contributed by atoms with Crippen LogP contribution in [0.4, 0.5) is 10.1 Å². The van der Waals surface area contributed by atoms with E-state index in [9.17, 15) is 9.18 Å². The summed E-state index contributed by atoms with van der Waals surface area (Å²) in [5.41, 5.74) is 2.80. The molecule has 0 bridgehead atoms. The monoisotopic (exact) mass is 350 g/mol. The molecular weight excluding hydrogens is 335 g/mol. The zero-order valence-electron chi connectivity index (χ0n) is 11.6. The van der Waals surface area contributed by atoms with E-state index in [-0.39, 0.29) is 18.3 Å². The summed E-state index contributed by atoms with van der Waals surface area (Å²) in [6, 6.07) is 11.9. The van der Waals surface area contributed by atoms with E-state index in [0.29, 0.717) is 6.54 Å². The number of hydrogen-bond acceptors (Lipinski definition) is 2. The maximum absolute atomic E-state index is 12.8. The average Bonchev–Trinajstić information content (AvgIpc) is 2.45. The molecule has 0 spiro atoms. The summed E-state index contributed by atoms with van der Waals surface area (Å²) >= 11 is 3.43. The molecule has 0 radical (unpaired) electrons. The molecule has 0 atom stereocenters. The first-order valence-corrected chi connectivity index (χ1v) is 7.35. The second-order valence-electron chi connectivity index (χ2n) is 4.74. The van der Waals surface area contributed by atoms with Gasteiger partial charge in [-0.15, -0.1) is 0 Å². The van der Waals surface area contributed by atoms with Crippen molar-refractivity contribution in [3.8, 4) is 0 Å². The molecule has 5 heteroatoms. The van der Waals surface area contributed by atoms with Crippen LogP contribution in [0.25, 0.3) is 0 Å². The zero-order valence-corrected chi connectivity index (χ0v) is 13.2. The Kier molecular flexibility index (Phi) is 5.47. The predicted octanol–water partition coefficient (Wildman–Crippen LogP) is 3.62. The number of rotatable bonds is 5. The third kappa shape index (κ3) is 4.95. The van der Waals surface area contributed by atoms with Gasteiger partial charge in [-0.2, -0.15) is 0 Å². The van der Waals surface area contributed by atoms with E-state index in [1.54, 1.807) is 12.1 Å². The number of amides is 1. The van der Waals surface area contributed by atoms with Crippen molar-refractivity contribution >= 4 is 27.5 Å². The molecule has 0 aliphatic rings. The molecule has 0 saturated heterocycles. The van der Waals surface area contributed by atoms with Crippen molar-refractivity contribution in [3.63, 3.8) is 0 Å². The first-order chi connectivity index (χ1) is 10.0. The molecule has 0 aliphatic heterocycles.